The second-order valence-electron chi connectivity index (χ2n) is 6.02. The number of pyridine rings is 1. The van der Waals surface area contributed by atoms with Gasteiger partial charge in [-0.1, -0.05) is 38.1 Å². The molecule has 0 atom stereocenters. The maximum absolute atomic E-state index is 9.38. The monoisotopic (exact) mass is 277 g/mol. The fourth-order valence-corrected chi connectivity index (χ4v) is 2.57. The van der Waals surface area contributed by atoms with Gasteiger partial charge in [-0.2, -0.15) is 5.26 Å². The zero-order valence-corrected chi connectivity index (χ0v) is 12.4. The minimum atomic E-state index is 0.352. The lowest BCUT2D eigenvalue weighted by Crippen LogP contribution is -2.01. The highest BCUT2D eigenvalue weighted by atomic mass is 14.9. The second-order valence-corrected chi connectivity index (χ2v) is 6.02. The van der Waals surface area contributed by atoms with Crippen LogP contribution in [-0.4, -0.2) is 4.98 Å². The van der Waals surface area contributed by atoms with Gasteiger partial charge >= 0.3 is 0 Å². The number of nitrogens with two attached hydrogens (primary N) is 1. The summed E-state index contributed by atoms with van der Waals surface area (Å²) in [7, 11) is 0. The second kappa shape index (κ2) is 5.21. The summed E-state index contributed by atoms with van der Waals surface area (Å²) in [6.45, 7) is 4.34. The molecule has 1 aromatic heterocycles. The first kappa shape index (κ1) is 13.6. The molecule has 0 amide bonds. The Morgan fingerprint density at radius 3 is 2.43 bits per heavy atom. The highest BCUT2D eigenvalue weighted by Gasteiger charge is 2.27. The highest BCUT2D eigenvalue weighted by molar-refractivity contribution is 5.76. The summed E-state index contributed by atoms with van der Waals surface area (Å²) in [5.74, 6) is 1.37. The SMILES string of the molecule is CC(C)c1ccc(-c2cc(C3CC3)nc(N)c2C#N)cc1. The van der Waals surface area contributed by atoms with Crippen molar-refractivity contribution in [2.75, 3.05) is 5.73 Å². The van der Waals surface area contributed by atoms with Crippen molar-refractivity contribution in [3.05, 3.63) is 47.2 Å². The minimum Gasteiger partial charge on any atom is -0.383 e. The van der Waals surface area contributed by atoms with Gasteiger partial charge in [0.05, 0.1) is 0 Å². The fourth-order valence-electron chi connectivity index (χ4n) is 2.57. The van der Waals surface area contributed by atoms with Gasteiger partial charge in [0, 0.05) is 17.2 Å². The van der Waals surface area contributed by atoms with Crippen LogP contribution in [0.25, 0.3) is 11.1 Å². The largest absolute Gasteiger partial charge is 0.383 e. The summed E-state index contributed by atoms with van der Waals surface area (Å²) in [4.78, 5) is 4.39. The molecular weight excluding hydrogens is 258 g/mol. The molecule has 0 radical (unpaired) electrons. The van der Waals surface area contributed by atoms with Crippen LogP contribution in [0.5, 0.6) is 0 Å². The number of rotatable bonds is 3. The molecule has 0 bridgehead atoms. The van der Waals surface area contributed by atoms with E-state index in [-0.39, 0.29) is 0 Å². The molecule has 0 aliphatic heterocycles. The third kappa shape index (κ3) is 2.62. The number of benzene rings is 1. The van der Waals surface area contributed by atoms with Crippen molar-refractivity contribution >= 4 is 5.82 Å². The molecule has 3 heteroatoms. The number of aromatic nitrogens is 1. The number of hydrogen-bond acceptors (Lipinski definition) is 3. The third-order valence-corrected chi connectivity index (χ3v) is 4.06. The summed E-state index contributed by atoms with van der Waals surface area (Å²) >= 11 is 0. The Morgan fingerprint density at radius 2 is 1.90 bits per heavy atom. The lowest BCUT2D eigenvalue weighted by molar-refractivity contribution is 0.867. The molecule has 0 spiro atoms. The van der Waals surface area contributed by atoms with Crippen LogP contribution >= 0.6 is 0 Å². The first-order chi connectivity index (χ1) is 10.1. The summed E-state index contributed by atoms with van der Waals surface area (Å²) in [6.07, 6.45) is 2.34. The van der Waals surface area contributed by atoms with Crippen LogP contribution in [0.15, 0.2) is 30.3 Å². The number of nitrogen functional groups attached to an aromatic ring is 1. The predicted molar refractivity (Wildman–Crippen MR) is 84.9 cm³/mol. The maximum atomic E-state index is 9.38. The number of nitriles is 1. The van der Waals surface area contributed by atoms with Crippen molar-refractivity contribution < 1.29 is 0 Å². The minimum absolute atomic E-state index is 0.352. The van der Waals surface area contributed by atoms with Gasteiger partial charge in [0.25, 0.3) is 0 Å². The summed E-state index contributed by atoms with van der Waals surface area (Å²) in [6, 6.07) is 12.6. The predicted octanol–water partition coefficient (Wildman–Crippen LogP) is 4.20. The molecule has 2 aromatic rings. The molecule has 2 N–H and O–H groups in total. The van der Waals surface area contributed by atoms with Crippen molar-refractivity contribution in [1.82, 2.24) is 4.98 Å². The molecule has 3 rings (SSSR count). The molecule has 0 saturated heterocycles. The lowest BCUT2D eigenvalue weighted by atomic mass is 9.96. The van der Waals surface area contributed by atoms with Gasteiger partial charge in [0.1, 0.15) is 17.5 Å². The van der Waals surface area contributed by atoms with Crippen molar-refractivity contribution in [1.29, 1.82) is 5.26 Å². The normalized spacial score (nSPS) is 14.2. The van der Waals surface area contributed by atoms with E-state index in [9.17, 15) is 5.26 Å². The standard InChI is InChI=1S/C18H19N3/c1-11(2)12-3-5-13(6-4-12)15-9-17(14-7-8-14)21-18(20)16(15)10-19/h3-6,9,11,14H,7-8H2,1-2H3,(H2,20,21). The average molecular weight is 277 g/mol. The van der Waals surface area contributed by atoms with Crippen LogP contribution in [0, 0.1) is 11.3 Å². The van der Waals surface area contributed by atoms with Gasteiger partial charge in [0.2, 0.25) is 0 Å². The molecular formula is C18H19N3. The Morgan fingerprint density at radius 1 is 1.24 bits per heavy atom. The van der Waals surface area contributed by atoms with Crippen LogP contribution in [-0.2, 0) is 0 Å². The van der Waals surface area contributed by atoms with Crippen molar-refractivity contribution in [3.63, 3.8) is 0 Å². The quantitative estimate of drug-likeness (QED) is 0.914. The Balaban J connectivity index is 2.09. The average Bonchev–Trinajstić information content (AvgIpc) is 3.31. The van der Waals surface area contributed by atoms with Crippen molar-refractivity contribution in [2.45, 2.75) is 38.5 Å². The number of nitrogens with zero attached hydrogens (tertiary/aromatic N) is 2. The Bertz CT molecular complexity index is 704. The summed E-state index contributed by atoms with van der Waals surface area (Å²) < 4.78 is 0. The van der Waals surface area contributed by atoms with Crippen LogP contribution in [0.2, 0.25) is 0 Å². The molecule has 1 saturated carbocycles. The van der Waals surface area contributed by atoms with Crippen molar-refractivity contribution in [3.8, 4) is 17.2 Å². The zero-order valence-electron chi connectivity index (χ0n) is 12.4. The van der Waals surface area contributed by atoms with Crippen LogP contribution < -0.4 is 5.73 Å². The molecule has 1 aliphatic rings. The van der Waals surface area contributed by atoms with E-state index in [4.69, 9.17) is 5.73 Å². The van der Waals surface area contributed by atoms with Crippen LogP contribution in [0.3, 0.4) is 0 Å². The number of hydrogen-bond donors (Lipinski definition) is 1. The summed E-state index contributed by atoms with van der Waals surface area (Å²) in [5.41, 5.74) is 10.7. The molecule has 1 aromatic carbocycles. The van der Waals surface area contributed by atoms with E-state index in [2.05, 4.69) is 49.2 Å². The molecule has 21 heavy (non-hydrogen) atoms. The molecule has 1 fully saturated rings. The van der Waals surface area contributed by atoms with E-state index in [0.29, 0.717) is 23.2 Å². The molecule has 0 unspecified atom stereocenters. The van der Waals surface area contributed by atoms with Gasteiger partial charge in [-0.25, -0.2) is 4.98 Å². The van der Waals surface area contributed by atoms with Gasteiger partial charge < -0.3 is 5.73 Å². The first-order valence-corrected chi connectivity index (χ1v) is 7.41. The summed E-state index contributed by atoms with van der Waals surface area (Å²) in [5, 5.41) is 9.38. The van der Waals surface area contributed by atoms with E-state index in [1.165, 1.54) is 18.4 Å². The first-order valence-electron chi connectivity index (χ1n) is 7.41. The lowest BCUT2D eigenvalue weighted by Gasteiger charge is -2.11. The van der Waals surface area contributed by atoms with E-state index in [1.54, 1.807) is 0 Å². The highest BCUT2D eigenvalue weighted by Crippen LogP contribution is 2.41. The van der Waals surface area contributed by atoms with Crippen molar-refractivity contribution in [2.24, 2.45) is 0 Å². The van der Waals surface area contributed by atoms with Crippen LogP contribution in [0.4, 0.5) is 5.82 Å². The molecule has 106 valence electrons. The van der Waals surface area contributed by atoms with E-state index in [0.717, 1.165) is 16.8 Å². The van der Waals surface area contributed by atoms with E-state index in [1.807, 2.05) is 6.07 Å². The van der Waals surface area contributed by atoms with Gasteiger partial charge in [-0.05, 0) is 36.0 Å². The van der Waals surface area contributed by atoms with Gasteiger partial charge in [0.15, 0.2) is 0 Å². The maximum Gasteiger partial charge on any atom is 0.142 e. The zero-order chi connectivity index (χ0) is 15.0. The molecule has 1 heterocycles. The van der Waals surface area contributed by atoms with Gasteiger partial charge in [-0.3, -0.25) is 0 Å². The Labute approximate surface area is 125 Å². The van der Waals surface area contributed by atoms with Crippen LogP contribution in [0.1, 0.15) is 55.3 Å². The van der Waals surface area contributed by atoms with Gasteiger partial charge in [-0.15, -0.1) is 0 Å². The Hall–Kier alpha value is -2.34. The fraction of sp³-hybridized carbons (Fsp3) is 0.333. The topological polar surface area (TPSA) is 62.7 Å². The molecule has 1 aliphatic carbocycles. The van der Waals surface area contributed by atoms with E-state index < -0.39 is 0 Å². The Kier molecular flexibility index (Phi) is 3.39. The third-order valence-electron chi connectivity index (χ3n) is 4.06. The van der Waals surface area contributed by atoms with E-state index >= 15 is 0 Å². The molecule has 3 nitrogen and oxygen atoms in total. The smallest absolute Gasteiger partial charge is 0.142 e. The number of anilines is 1.